The van der Waals surface area contributed by atoms with Crippen LogP contribution in [-0.2, 0) is 6.54 Å². The molecule has 0 fully saturated rings. The van der Waals surface area contributed by atoms with Gasteiger partial charge < -0.3 is 11.5 Å². The number of hydrogen-bond donors (Lipinski definition) is 2. The number of carbonyl (C=O) groups excluding carboxylic acids is 1. The number of anilines is 1. The maximum atomic E-state index is 12.1. The fraction of sp³-hybridized carbons (Fsp3) is 0.154. The van der Waals surface area contributed by atoms with E-state index in [4.69, 9.17) is 11.5 Å². The van der Waals surface area contributed by atoms with Crippen LogP contribution in [0.15, 0.2) is 29.3 Å². The Morgan fingerprint density at radius 2 is 2.15 bits per heavy atom. The van der Waals surface area contributed by atoms with Crippen LogP contribution in [0.1, 0.15) is 21.6 Å². The fourth-order valence-corrected chi connectivity index (χ4v) is 2.18. The van der Waals surface area contributed by atoms with Crippen molar-refractivity contribution < 1.29 is 4.79 Å². The molecule has 0 saturated carbocycles. The molecule has 1 aromatic carbocycles. The van der Waals surface area contributed by atoms with Crippen molar-refractivity contribution in [3.63, 3.8) is 0 Å². The van der Waals surface area contributed by atoms with Crippen LogP contribution in [0, 0.1) is 10.5 Å². The van der Waals surface area contributed by atoms with Gasteiger partial charge in [0.25, 0.3) is 5.56 Å². The van der Waals surface area contributed by atoms with E-state index < -0.39 is 5.91 Å². The van der Waals surface area contributed by atoms with Gasteiger partial charge in [-0.05, 0) is 47.2 Å². The van der Waals surface area contributed by atoms with Crippen molar-refractivity contribution in [2.75, 3.05) is 5.73 Å². The van der Waals surface area contributed by atoms with E-state index in [-0.39, 0.29) is 5.56 Å². The van der Waals surface area contributed by atoms with E-state index in [1.54, 1.807) is 19.1 Å². The number of benzene rings is 1. The first-order chi connectivity index (χ1) is 9.40. The highest BCUT2D eigenvalue weighted by Gasteiger charge is 2.09. The number of amides is 1. The van der Waals surface area contributed by atoms with E-state index >= 15 is 0 Å². The maximum absolute atomic E-state index is 12.1. The molecule has 7 heteroatoms. The Hall–Kier alpha value is -1.90. The third-order valence-corrected chi connectivity index (χ3v) is 4.17. The van der Waals surface area contributed by atoms with E-state index in [0.29, 0.717) is 27.1 Å². The number of hydrogen-bond acceptors (Lipinski definition) is 4. The lowest BCUT2D eigenvalue weighted by Gasteiger charge is -2.10. The first-order valence-electron chi connectivity index (χ1n) is 5.80. The lowest BCUT2D eigenvalue weighted by atomic mass is 10.1. The third kappa shape index (κ3) is 2.82. The number of rotatable bonds is 3. The lowest BCUT2D eigenvalue weighted by Crippen LogP contribution is -2.25. The van der Waals surface area contributed by atoms with E-state index in [1.165, 1.54) is 17.0 Å². The molecule has 0 atom stereocenters. The van der Waals surface area contributed by atoms with Crippen molar-refractivity contribution >= 4 is 34.2 Å². The van der Waals surface area contributed by atoms with Gasteiger partial charge in [0.15, 0.2) is 0 Å². The fourth-order valence-electron chi connectivity index (χ4n) is 1.73. The van der Waals surface area contributed by atoms with Crippen molar-refractivity contribution in [3.05, 3.63) is 55.3 Å². The van der Waals surface area contributed by atoms with Crippen LogP contribution in [-0.4, -0.2) is 15.5 Å². The molecule has 0 aliphatic carbocycles. The number of nitrogens with zero attached hydrogens (tertiary/aromatic N) is 2. The summed E-state index contributed by atoms with van der Waals surface area (Å²) in [5, 5.41) is 0. The second kappa shape index (κ2) is 5.61. The van der Waals surface area contributed by atoms with Crippen molar-refractivity contribution in [2.24, 2.45) is 5.73 Å². The van der Waals surface area contributed by atoms with Crippen LogP contribution in [0.4, 0.5) is 5.69 Å². The van der Waals surface area contributed by atoms with E-state index in [1.807, 2.05) is 22.6 Å². The minimum Gasteiger partial charge on any atom is -0.398 e. The van der Waals surface area contributed by atoms with E-state index in [0.717, 1.165) is 5.56 Å². The summed E-state index contributed by atoms with van der Waals surface area (Å²) in [6.07, 6.45) is 1.49. The zero-order chi connectivity index (χ0) is 14.9. The molecule has 2 aromatic rings. The number of carbonyl (C=O) groups is 1. The normalized spacial score (nSPS) is 10.5. The summed E-state index contributed by atoms with van der Waals surface area (Å²) in [4.78, 5) is 27.3. The molecule has 20 heavy (non-hydrogen) atoms. The Morgan fingerprint density at radius 3 is 2.75 bits per heavy atom. The molecular formula is C13H13IN4O2. The maximum Gasteiger partial charge on any atom is 0.267 e. The average Bonchev–Trinajstić information content (AvgIpc) is 2.41. The van der Waals surface area contributed by atoms with Crippen LogP contribution in [0.5, 0.6) is 0 Å². The van der Waals surface area contributed by atoms with Crippen molar-refractivity contribution in [3.8, 4) is 0 Å². The summed E-state index contributed by atoms with van der Waals surface area (Å²) in [6.45, 7) is 2.08. The Kier molecular flexibility index (Phi) is 4.07. The summed E-state index contributed by atoms with van der Waals surface area (Å²) in [7, 11) is 0. The molecule has 1 amide bonds. The molecule has 0 bridgehead atoms. The monoisotopic (exact) mass is 384 g/mol. The van der Waals surface area contributed by atoms with Gasteiger partial charge in [-0.3, -0.25) is 14.2 Å². The zero-order valence-electron chi connectivity index (χ0n) is 10.8. The summed E-state index contributed by atoms with van der Waals surface area (Å²) in [5.41, 5.74) is 13.1. The van der Waals surface area contributed by atoms with Gasteiger partial charge in [0, 0.05) is 11.3 Å². The third-order valence-electron chi connectivity index (χ3n) is 2.93. The molecule has 4 N–H and O–H groups in total. The van der Waals surface area contributed by atoms with Gasteiger partial charge in [-0.15, -0.1) is 0 Å². The van der Waals surface area contributed by atoms with Gasteiger partial charge >= 0.3 is 0 Å². The molecule has 0 spiro atoms. The minimum absolute atomic E-state index is 0.114. The topological polar surface area (TPSA) is 104 Å². The number of aryl methyl sites for hydroxylation is 1. The Bertz CT molecular complexity index is 740. The highest BCUT2D eigenvalue weighted by molar-refractivity contribution is 14.1. The molecular weight excluding hydrogens is 371 g/mol. The number of nitrogen functional groups attached to an aromatic ring is 1. The highest BCUT2D eigenvalue weighted by atomic mass is 127. The van der Waals surface area contributed by atoms with Gasteiger partial charge in [-0.1, -0.05) is 6.07 Å². The Morgan fingerprint density at radius 1 is 1.45 bits per heavy atom. The molecule has 1 heterocycles. The summed E-state index contributed by atoms with van der Waals surface area (Å²) in [5.74, 6) is -0.535. The Labute approximate surface area is 128 Å². The largest absolute Gasteiger partial charge is 0.398 e. The van der Waals surface area contributed by atoms with Gasteiger partial charge in [0.1, 0.15) is 0 Å². The van der Waals surface area contributed by atoms with Crippen LogP contribution < -0.4 is 17.0 Å². The summed E-state index contributed by atoms with van der Waals surface area (Å²) < 4.78 is 2.06. The van der Waals surface area contributed by atoms with Crippen LogP contribution in [0.25, 0.3) is 0 Å². The molecule has 0 unspecified atom stereocenters. The summed E-state index contributed by atoms with van der Waals surface area (Å²) in [6, 6.07) is 4.79. The van der Waals surface area contributed by atoms with Crippen molar-refractivity contribution in [2.45, 2.75) is 13.5 Å². The van der Waals surface area contributed by atoms with Crippen LogP contribution >= 0.6 is 22.6 Å². The first-order valence-corrected chi connectivity index (χ1v) is 6.87. The number of primary amides is 1. The van der Waals surface area contributed by atoms with Crippen LogP contribution in [0.2, 0.25) is 0 Å². The predicted molar refractivity (Wildman–Crippen MR) is 84.4 cm³/mol. The number of halogens is 1. The standard InChI is InChI=1S/C13H13IN4O2/c1-7-11(14)13(20)18(6-17-7)5-9-3-2-8(12(16)19)4-10(9)15/h2-4,6H,5,15H2,1H3,(H2,16,19). The second-order valence-corrected chi connectivity index (χ2v) is 5.43. The Balaban J connectivity index is 2.38. The first kappa shape index (κ1) is 14.5. The molecule has 104 valence electrons. The second-order valence-electron chi connectivity index (χ2n) is 4.35. The molecule has 0 saturated heterocycles. The molecule has 0 radical (unpaired) electrons. The van der Waals surface area contributed by atoms with Crippen molar-refractivity contribution in [1.82, 2.24) is 9.55 Å². The quantitative estimate of drug-likeness (QED) is 0.606. The lowest BCUT2D eigenvalue weighted by molar-refractivity contribution is 0.100. The van der Waals surface area contributed by atoms with Gasteiger partial charge in [-0.25, -0.2) is 4.98 Å². The summed E-state index contributed by atoms with van der Waals surface area (Å²) >= 11 is 1.97. The molecule has 0 aliphatic rings. The zero-order valence-corrected chi connectivity index (χ0v) is 12.9. The van der Waals surface area contributed by atoms with Gasteiger partial charge in [0.2, 0.25) is 5.91 Å². The molecule has 2 rings (SSSR count). The van der Waals surface area contributed by atoms with Gasteiger partial charge in [0.05, 0.1) is 22.1 Å². The smallest absolute Gasteiger partial charge is 0.267 e. The van der Waals surface area contributed by atoms with Crippen molar-refractivity contribution in [1.29, 1.82) is 0 Å². The SMILES string of the molecule is Cc1ncn(Cc2ccc(C(N)=O)cc2N)c(=O)c1I. The number of aromatic nitrogens is 2. The minimum atomic E-state index is -0.535. The molecule has 1 aromatic heterocycles. The average molecular weight is 384 g/mol. The predicted octanol–water partition coefficient (Wildman–Crippen LogP) is 0.886. The van der Waals surface area contributed by atoms with E-state index in [2.05, 4.69) is 4.98 Å². The number of nitrogens with two attached hydrogens (primary N) is 2. The molecule has 0 aliphatic heterocycles. The molecule has 6 nitrogen and oxygen atoms in total. The van der Waals surface area contributed by atoms with Gasteiger partial charge in [-0.2, -0.15) is 0 Å². The van der Waals surface area contributed by atoms with E-state index in [9.17, 15) is 9.59 Å². The highest BCUT2D eigenvalue weighted by Crippen LogP contribution is 2.15. The van der Waals surface area contributed by atoms with Crippen LogP contribution in [0.3, 0.4) is 0 Å².